The summed E-state index contributed by atoms with van der Waals surface area (Å²) in [5.74, 6) is 0.0370. The van der Waals surface area contributed by atoms with Crippen LogP contribution < -0.4 is 0 Å². The number of sulfonamides is 1. The quantitative estimate of drug-likeness (QED) is 0.834. The molecule has 2 heterocycles. The molecule has 0 atom stereocenters. The summed E-state index contributed by atoms with van der Waals surface area (Å²) in [6.45, 7) is 3.99. The summed E-state index contributed by atoms with van der Waals surface area (Å²) in [7, 11) is -3.40. The van der Waals surface area contributed by atoms with Crippen molar-refractivity contribution in [3.8, 4) is 0 Å². The summed E-state index contributed by atoms with van der Waals surface area (Å²) < 4.78 is 27.1. The fourth-order valence-corrected chi connectivity index (χ4v) is 4.79. The second-order valence-corrected chi connectivity index (χ2v) is 8.02. The van der Waals surface area contributed by atoms with Crippen LogP contribution in [0.4, 0.5) is 0 Å². The lowest BCUT2D eigenvalue weighted by Gasteiger charge is -2.29. The van der Waals surface area contributed by atoms with Crippen molar-refractivity contribution >= 4 is 15.9 Å². The molecule has 22 heavy (non-hydrogen) atoms. The summed E-state index contributed by atoms with van der Waals surface area (Å²) in [6, 6.07) is 5.38. The number of piperidine rings is 1. The normalized spacial score (nSPS) is 19.8. The topological polar surface area (TPSA) is 57.7 Å². The molecular weight excluding hydrogens is 300 g/mol. The number of amides is 1. The number of hydrogen-bond donors (Lipinski definition) is 0. The maximum Gasteiger partial charge on any atom is 0.243 e. The first-order chi connectivity index (χ1) is 10.5. The van der Waals surface area contributed by atoms with Crippen LogP contribution in [-0.4, -0.2) is 43.2 Å². The summed E-state index contributed by atoms with van der Waals surface area (Å²) in [5, 5.41) is 0. The summed E-state index contributed by atoms with van der Waals surface area (Å²) >= 11 is 0. The van der Waals surface area contributed by atoms with E-state index in [4.69, 9.17) is 0 Å². The molecule has 1 amide bonds. The van der Waals surface area contributed by atoms with Gasteiger partial charge in [0.2, 0.25) is 15.9 Å². The predicted molar refractivity (Wildman–Crippen MR) is 83.8 cm³/mol. The van der Waals surface area contributed by atoms with Gasteiger partial charge in [0.25, 0.3) is 0 Å². The van der Waals surface area contributed by atoms with Crippen molar-refractivity contribution in [1.29, 1.82) is 0 Å². The van der Waals surface area contributed by atoms with Gasteiger partial charge >= 0.3 is 0 Å². The second kappa shape index (κ2) is 6.01. The maximum atomic E-state index is 12.7. The Morgan fingerprint density at radius 2 is 1.77 bits per heavy atom. The summed E-state index contributed by atoms with van der Waals surface area (Å²) in [4.78, 5) is 13.7. The number of fused-ring (bicyclic) bond motifs is 1. The van der Waals surface area contributed by atoms with Crippen LogP contribution >= 0.6 is 0 Å². The smallest absolute Gasteiger partial charge is 0.243 e. The van der Waals surface area contributed by atoms with Gasteiger partial charge in [-0.2, -0.15) is 4.31 Å². The van der Waals surface area contributed by atoms with E-state index in [9.17, 15) is 13.2 Å². The summed E-state index contributed by atoms with van der Waals surface area (Å²) in [6.07, 6.45) is 3.76. The van der Waals surface area contributed by atoms with Crippen LogP contribution in [0.2, 0.25) is 0 Å². The van der Waals surface area contributed by atoms with E-state index in [2.05, 4.69) is 0 Å². The molecule has 0 spiro atoms. The molecule has 0 aliphatic carbocycles. The molecule has 2 aliphatic heterocycles. The second-order valence-electron chi connectivity index (χ2n) is 6.09. The van der Waals surface area contributed by atoms with Gasteiger partial charge in [-0.3, -0.25) is 4.79 Å². The lowest BCUT2D eigenvalue weighted by Crippen LogP contribution is -2.36. The zero-order chi connectivity index (χ0) is 15.7. The molecular formula is C16H22N2O3S. The minimum Gasteiger partial charge on any atom is -0.338 e. The van der Waals surface area contributed by atoms with Gasteiger partial charge in [0.15, 0.2) is 0 Å². The molecule has 0 aromatic heterocycles. The van der Waals surface area contributed by atoms with Crippen LogP contribution in [0, 0.1) is 0 Å². The monoisotopic (exact) mass is 322 g/mol. The highest BCUT2D eigenvalue weighted by atomic mass is 32.2. The van der Waals surface area contributed by atoms with Crippen LogP contribution in [0.3, 0.4) is 0 Å². The molecule has 0 bridgehead atoms. The van der Waals surface area contributed by atoms with Crippen molar-refractivity contribution in [2.45, 2.75) is 44.0 Å². The molecule has 0 N–H and O–H groups in total. The van der Waals surface area contributed by atoms with E-state index in [-0.39, 0.29) is 5.91 Å². The predicted octanol–water partition coefficient (Wildman–Crippen LogP) is 1.77. The van der Waals surface area contributed by atoms with Crippen molar-refractivity contribution in [3.05, 3.63) is 29.3 Å². The average molecular weight is 322 g/mol. The van der Waals surface area contributed by atoms with Gasteiger partial charge < -0.3 is 4.90 Å². The van der Waals surface area contributed by atoms with Crippen molar-refractivity contribution in [1.82, 2.24) is 9.21 Å². The highest BCUT2D eigenvalue weighted by Crippen LogP contribution is 2.26. The minimum absolute atomic E-state index is 0.0370. The highest BCUT2D eigenvalue weighted by Gasteiger charge is 2.27. The highest BCUT2D eigenvalue weighted by molar-refractivity contribution is 7.89. The van der Waals surface area contributed by atoms with Crippen LogP contribution in [-0.2, 0) is 27.8 Å². The van der Waals surface area contributed by atoms with Crippen molar-refractivity contribution in [2.24, 2.45) is 0 Å². The van der Waals surface area contributed by atoms with E-state index in [1.807, 2.05) is 6.07 Å². The van der Waals surface area contributed by atoms with Crippen LogP contribution in [0.15, 0.2) is 23.1 Å². The Labute approximate surface area is 132 Å². The molecule has 0 radical (unpaired) electrons. The van der Waals surface area contributed by atoms with Gasteiger partial charge in [-0.1, -0.05) is 12.5 Å². The Balaban J connectivity index is 1.89. The number of rotatable bonds is 2. The Kier molecular flexibility index (Phi) is 4.23. The Hall–Kier alpha value is -1.40. The van der Waals surface area contributed by atoms with Crippen molar-refractivity contribution in [2.75, 3.05) is 19.6 Å². The molecule has 6 heteroatoms. The van der Waals surface area contributed by atoms with Crippen LogP contribution in [0.1, 0.15) is 37.3 Å². The van der Waals surface area contributed by atoms with E-state index in [1.165, 1.54) is 0 Å². The van der Waals surface area contributed by atoms with Gasteiger partial charge in [0.05, 0.1) is 4.90 Å². The number of hydrogen-bond acceptors (Lipinski definition) is 3. The Morgan fingerprint density at radius 1 is 1.05 bits per heavy atom. The average Bonchev–Trinajstić information content (AvgIpc) is 2.54. The molecule has 0 saturated carbocycles. The minimum atomic E-state index is -3.40. The fraction of sp³-hybridized carbons (Fsp3) is 0.562. The first kappa shape index (κ1) is 15.5. The number of benzene rings is 1. The Morgan fingerprint density at radius 3 is 2.45 bits per heavy atom. The lowest BCUT2D eigenvalue weighted by molar-refractivity contribution is -0.129. The zero-order valence-electron chi connectivity index (χ0n) is 12.9. The largest absolute Gasteiger partial charge is 0.338 e. The number of nitrogens with zero attached hydrogens (tertiary/aromatic N) is 2. The number of carbonyl (C=O) groups excluding carboxylic acids is 1. The first-order valence-electron chi connectivity index (χ1n) is 7.86. The summed E-state index contributed by atoms with van der Waals surface area (Å²) in [5.41, 5.74) is 2.11. The third-order valence-electron chi connectivity index (χ3n) is 4.59. The van der Waals surface area contributed by atoms with E-state index >= 15 is 0 Å². The van der Waals surface area contributed by atoms with E-state index in [0.29, 0.717) is 31.1 Å². The van der Waals surface area contributed by atoms with Crippen LogP contribution in [0.5, 0.6) is 0 Å². The molecule has 1 aromatic carbocycles. The molecule has 5 nitrogen and oxygen atoms in total. The molecule has 1 saturated heterocycles. The molecule has 120 valence electrons. The first-order valence-corrected chi connectivity index (χ1v) is 9.30. The van der Waals surface area contributed by atoms with Crippen LogP contribution in [0.25, 0.3) is 0 Å². The van der Waals surface area contributed by atoms with Gasteiger partial charge in [-0.15, -0.1) is 0 Å². The third kappa shape index (κ3) is 2.90. The maximum absolute atomic E-state index is 12.7. The number of carbonyl (C=O) groups is 1. The fourth-order valence-electron chi connectivity index (χ4n) is 3.22. The Bertz CT molecular complexity index is 679. The standard InChI is InChI=1S/C16H22N2O3S/c1-13(19)17-10-7-14-5-6-16(11-15(14)12-17)22(20,21)18-8-3-2-4-9-18/h5-6,11H,2-4,7-10,12H2,1H3. The van der Waals surface area contributed by atoms with E-state index in [1.54, 1.807) is 28.3 Å². The van der Waals surface area contributed by atoms with E-state index < -0.39 is 10.0 Å². The van der Waals surface area contributed by atoms with Crippen molar-refractivity contribution < 1.29 is 13.2 Å². The third-order valence-corrected chi connectivity index (χ3v) is 6.48. The SMILES string of the molecule is CC(=O)N1CCc2ccc(S(=O)(=O)N3CCCCC3)cc2C1. The van der Waals surface area contributed by atoms with Crippen molar-refractivity contribution in [3.63, 3.8) is 0 Å². The molecule has 0 unspecified atom stereocenters. The molecule has 2 aliphatic rings. The molecule has 1 aromatic rings. The van der Waals surface area contributed by atoms with Gasteiger partial charge in [-0.05, 0) is 42.5 Å². The lowest BCUT2D eigenvalue weighted by atomic mass is 10.00. The van der Waals surface area contributed by atoms with Gasteiger partial charge in [-0.25, -0.2) is 8.42 Å². The molecule has 3 rings (SSSR count). The zero-order valence-corrected chi connectivity index (χ0v) is 13.7. The van der Waals surface area contributed by atoms with E-state index in [0.717, 1.165) is 36.8 Å². The van der Waals surface area contributed by atoms with Gasteiger partial charge in [0.1, 0.15) is 0 Å². The molecule has 1 fully saturated rings. The van der Waals surface area contributed by atoms with Gasteiger partial charge in [0, 0.05) is 33.1 Å².